The number of hydrogen-bond acceptors (Lipinski definition) is 4. The summed E-state index contributed by atoms with van der Waals surface area (Å²) >= 11 is 0. The van der Waals surface area contributed by atoms with E-state index in [2.05, 4.69) is 24.1 Å². The predicted molar refractivity (Wildman–Crippen MR) is 108 cm³/mol. The number of anilines is 2. The highest BCUT2D eigenvalue weighted by atomic mass is 16.3. The summed E-state index contributed by atoms with van der Waals surface area (Å²) in [6, 6.07) is 13.3. The van der Waals surface area contributed by atoms with Crippen molar-refractivity contribution in [2.45, 2.75) is 33.1 Å². The van der Waals surface area contributed by atoms with Crippen LogP contribution in [-0.4, -0.2) is 23.3 Å². The van der Waals surface area contributed by atoms with Crippen molar-refractivity contribution < 1.29 is 14.0 Å². The fourth-order valence-corrected chi connectivity index (χ4v) is 3.55. The van der Waals surface area contributed by atoms with E-state index in [1.54, 1.807) is 11.8 Å². The van der Waals surface area contributed by atoms with Crippen molar-refractivity contribution in [2.75, 3.05) is 16.8 Å². The molecule has 1 aliphatic heterocycles. The second-order valence-electron chi connectivity index (χ2n) is 7.56. The van der Waals surface area contributed by atoms with Crippen LogP contribution in [0.2, 0.25) is 0 Å². The molecule has 2 amide bonds. The van der Waals surface area contributed by atoms with Gasteiger partial charge in [-0.25, -0.2) is 4.98 Å². The van der Waals surface area contributed by atoms with E-state index in [1.807, 2.05) is 42.5 Å². The Kier molecular flexibility index (Phi) is 4.63. The molecule has 1 atom stereocenters. The maximum Gasteiger partial charge on any atom is 0.229 e. The largest absolute Gasteiger partial charge is 0.441 e. The smallest absolute Gasteiger partial charge is 0.229 e. The molecule has 0 aliphatic carbocycles. The molecular formula is C22H23N3O3. The van der Waals surface area contributed by atoms with E-state index in [-0.39, 0.29) is 24.2 Å². The lowest BCUT2D eigenvalue weighted by Crippen LogP contribution is -2.28. The van der Waals surface area contributed by atoms with Gasteiger partial charge in [0.25, 0.3) is 0 Å². The van der Waals surface area contributed by atoms with Gasteiger partial charge in [-0.05, 0) is 41.8 Å². The summed E-state index contributed by atoms with van der Waals surface area (Å²) in [4.78, 5) is 31.2. The van der Waals surface area contributed by atoms with Gasteiger partial charge >= 0.3 is 0 Å². The van der Waals surface area contributed by atoms with Crippen molar-refractivity contribution in [3.8, 4) is 0 Å². The third-order valence-corrected chi connectivity index (χ3v) is 5.11. The number of aryl methyl sites for hydroxylation is 1. The van der Waals surface area contributed by atoms with Gasteiger partial charge < -0.3 is 14.6 Å². The second-order valence-corrected chi connectivity index (χ2v) is 7.56. The van der Waals surface area contributed by atoms with E-state index in [9.17, 15) is 9.59 Å². The highest BCUT2D eigenvalue weighted by Crippen LogP contribution is 2.29. The zero-order valence-electron chi connectivity index (χ0n) is 16.2. The summed E-state index contributed by atoms with van der Waals surface area (Å²) in [6.07, 6.45) is 0.200. The van der Waals surface area contributed by atoms with E-state index in [1.165, 1.54) is 0 Å². The number of nitrogens with one attached hydrogen (secondary N) is 1. The maximum absolute atomic E-state index is 12.7. The van der Waals surface area contributed by atoms with E-state index in [0.717, 1.165) is 16.9 Å². The molecule has 6 heteroatoms. The number of nitrogens with zero attached hydrogens (tertiary/aromatic N) is 2. The molecule has 1 unspecified atom stereocenters. The number of benzene rings is 2. The van der Waals surface area contributed by atoms with E-state index in [4.69, 9.17) is 4.42 Å². The molecule has 1 aliphatic rings. The Morgan fingerprint density at radius 1 is 1.25 bits per heavy atom. The lowest BCUT2D eigenvalue weighted by atomic mass is 10.0. The van der Waals surface area contributed by atoms with Crippen molar-refractivity contribution in [2.24, 2.45) is 5.92 Å². The first-order chi connectivity index (χ1) is 13.4. The topological polar surface area (TPSA) is 75.4 Å². The van der Waals surface area contributed by atoms with Crippen LogP contribution >= 0.6 is 0 Å². The fourth-order valence-electron chi connectivity index (χ4n) is 3.55. The first kappa shape index (κ1) is 18.2. The predicted octanol–water partition coefficient (Wildman–Crippen LogP) is 4.25. The molecule has 1 fully saturated rings. The number of carbonyl (C=O) groups excluding carboxylic acids is 2. The van der Waals surface area contributed by atoms with Crippen LogP contribution in [0.25, 0.3) is 11.1 Å². The maximum atomic E-state index is 12.7. The van der Waals surface area contributed by atoms with E-state index in [0.29, 0.717) is 29.5 Å². The minimum atomic E-state index is -0.384. The number of fused-ring (bicyclic) bond motifs is 1. The highest BCUT2D eigenvalue weighted by Gasteiger charge is 2.35. The molecule has 4 rings (SSSR count). The van der Waals surface area contributed by atoms with Gasteiger partial charge in [-0.3, -0.25) is 9.59 Å². The zero-order chi connectivity index (χ0) is 19.8. The van der Waals surface area contributed by atoms with Gasteiger partial charge in [0.05, 0.1) is 5.92 Å². The van der Waals surface area contributed by atoms with Crippen LogP contribution in [0.3, 0.4) is 0 Å². The molecule has 1 aromatic heterocycles. The van der Waals surface area contributed by atoms with Gasteiger partial charge in [0.15, 0.2) is 11.5 Å². The van der Waals surface area contributed by atoms with E-state index >= 15 is 0 Å². The lowest BCUT2D eigenvalue weighted by molar-refractivity contribution is -0.122. The molecular weight excluding hydrogens is 354 g/mol. The molecule has 1 N–H and O–H groups in total. The van der Waals surface area contributed by atoms with Gasteiger partial charge in [0.2, 0.25) is 11.8 Å². The number of rotatable bonds is 4. The normalized spacial score (nSPS) is 16.9. The zero-order valence-corrected chi connectivity index (χ0v) is 16.2. The highest BCUT2D eigenvalue weighted by molar-refractivity contribution is 6.04. The van der Waals surface area contributed by atoms with Crippen LogP contribution < -0.4 is 10.2 Å². The minimum Gasteiger partial charge on any atom is -0.441 e. The Morgan fingerprint density at radius 2 is 2.07 bits per heavy atom. The fraction of sp³-hybridized carbons (Fsp3) is 0.318. The standard InChI is InChI=1S/C22H23N3O3/c1-13(2)15-5-4-6-17(9-15)24-22(27)16-10-21(26)25(12-16)18-7-8-20-19(11-18)23-14(3)28-20/h4-9,11,13,16H,10,12H2,1-3H3,(H,24,27). The molecule has 0 bridgehead atoms. The quantitative estimate of drug-likeness (QED) is 0.737. The average Bonchev–Trinajstić information content (AvgIpc) is 3.23. The number of aromatic nitrogens is 1. The van der Waals surface area contributed by atoms with Crippen molar-refractivity contribution in [3.05, 3.63) is 53.9 Å². The van der Waals surface area contributed by atoms with Gasteiger partial charge in [-0.15, -0.1) is 0 Å². The first-order valence-corrected chi connectivity index (χ1v) is 9.49. The van der Waals surface area contributed by atoms with Gasteiger partial charge in [-0.2, -0.15) is 0 Å². The summed E-state index contributed by atoms with van der Waals surface area (Å²) in [7, 11) is 0. The molecule has 3 aromatic rings. The molecule has 6 nitrogen and oxygen atoms in total. The van der Waals surface area contributed by atoms with Crippen molar-refractivity contribution in [1.29, 1.82) is 0 Å². The Labute approximate surface area is 163 Å². The van der Waals surface area contributed by atoms with Crippen LogP contribution in [0.5, 0.6) is 0 Å². The number of amides is 2. The molecule has 2 aromatic carbocycles. The Bertz CT molecular complexity index is 1050. The third kappa shape index (κ3) is 3.50. The molecule has 0 radical (unpaired) electrons. The minimum absolute atomic E-state index is 0.0596. The Hall–Kier alpha value is -3.15. The van der Waals surface area contributed by atoms with Gasteiger partial charge in [0, 0.05) is 31.3 Å². The second kappa shape index (κ2) is 7.11. The molecule has 144 valence electrons. The van der Waals surface area contributed by atoms with Crippen LogP contribution in [-0.2, 0) is 9.59 Å². The molecule has 28 heavy (non-hydrogen) atoms. The monoisotopic (exact) mass is 377 g/mol. The van der Waals surface area contributed by atoms with Crippen molar-refractivity contribution in [3.63, 3.8) is 0 Å². The average molecular weight is 377 g/mol. The summed E-state index contributed by atoms with van der Waals surface area (Å²) in [5.41, 5.74) is 4.07. The summed E-state index contributed by atoms with van der Waals surface area (Å²) in [6.45, 7) is 6.37. The number of oxazole rings is 1. The molecule has 2 heterocycles. The van der Waals surface area contributed by atoms with Crippen LogP contribution in [0, 0.1) is 12.8 Å². The number of carbonyl (C=O) groups is 2. The molecule has 0 saturated carbocycles. The molecule has 1 saturated heterocycles. The van der Waals surface area contributed by atoms with Crippen LogP contribution in [0.15, 0.2) is 46.9 Å². The summed E-state index contributed by atoms with van der Waals surface area (Å²) in [5, 5.41) is 2.96. The van der Waals surface area contributed by atoms with Crippen molar-refractivity contribution in [1.82, 2.24) is 4.98 Å². The van der Waals surface area contributed by atoms with E-state index < -0.39 is 0 Å². The van der Waals surface area contributed by atoms with Gasteiger partial charge in [-0.1, -0.05) is 26.0 Å². The molecule has 0 spiro atoms. The first-order valence-electron chi connectivity index (χ1n) is 9.49. The Morgan fingerprint density at radius 3 is 2.86 bits per heavy atom. The van der Waals surface area contributed by atoms with Crippen molar-refractivity contribution >= 4 is 34.3 Å². The third-order valence-electron chi connectivity index (χ3n) is 5.11. The van der Waals surface area contributed by atoms with Crippen LogP contribution in [0.4, 0.5) is 11.4 Å². The number of hydrogen-bond donors (Lipinski definition) is 1. The Balaban J connectivity index is 1.49. The lowest BCUT2D eigenvalue weighted by Gasteiger charge is -2.17. The summed E-state index contributed by atoms with van der Waals surface area (Å²) in [5.74, 6) is 0.395. The SMILES string of the molecule is Cc1nc2cc(N3CC(C(=O)Nc4cccc(C(C)C)c4)CC3=O)ccc2o1. The summed E-state index contributed by atoms with van der Waals surface area (Å²) < 4.78 is 5.49. The van der Waals surface area contributed by atoms with Gasteiger partial charge in [0.1, 0.15) is 5.52 Å². The van der Waals surface area contributed by atoms with Crippen LogP contribution in [0.1, 0.15) is 37.6 Å².